The molecule has 0 aliphatic rings. The van der Waals surface area contributed by atoms with Crippen LogP contribution in [-0.4, -0.2) is 10.1 Å². The van der Waals surface area contributed by atoms with Crippen LogP contribution in [0.5, 0.6) is 5.75 Å². The Labute approximate surface area is 122 Å². The van der Waals surface area contributed by atoms with Crippen LogP contribution >= 0.6 is 11.3 Å². The first kappa shape index (κ1) is 14.9. The van der Waals surface area contributed by atoms with Crippen LogP contribution in [0.25, 0.3) is 0 Å². The Morgan fingerprint density at radius 3 is 2.90 bits per heavy atom. The summed E-state index contributed by atoms with van der Waals surface area (Å²) in [7, 11) is 0. The van der Waals surface area contributed by atoms with E-state index in [1.54, 1.807) is 23.5 Å². The molecule has 0 unspecified atom stereocenters. The second kappa shape index (κ2) is 6.81. The Bertz CT molecular complexity index is 569. The van der Waals surface area contributed by atoms with Crippen molar-refractivity contribution in [3.63, 3.8) is 0 Å². The van der Waals surface area contributed by atoms with Crippen LogP contribution in [-0.2, 0) is 13.0 Å². The molecule has 0 fully saturated rings. The minimum Gasteiger partial charge on any atom is -0.487 e. The Morgan fingerprint density at radius 1 is 1.45 bits per heavy atom. The van der Waals surface area contributed by atoms with Crippen molar-refractivity contribution in [3.05, 3.63) is 45.7 Å². The summed E-state index contributed by atoms with van der Waals surface area (Å²) in [5, 5.41) is 12.4. The maximum atomic E-state index is 13.7. The molecule has 1 N–H and O–H groups in total. The van der Waals surface area contributed by atoms with Crippen molar-refractivity contribution >= 4 is 11.3 Å². The molecule has 0 spiro atoms. The van der Waals surface area contributed by atoms with E-state index in [1.165, 1.54) is 13.0 Å². The van der Waals surface area contributed by atoms with Crippen LogP contribution in [0.1, 0.15) is 42.6 Å². The lowest BCUT2D eigenvalue weighted by Crippen LogP contribution is -1.99. The SMILES string of the molecule is CCCc1nc(COc2ccc([C@H](C)O)c(F)c2)cs1. The van der Waals surface area contributed by atoms with E-state index in [2.05, 4.69) is 11.9 Å². The first-order valence-corrected chi connectivity index (χ1v) is 7.51. The number of aryl methyl sites for hydroxylation is 1. The highest BCUT2D eigenvalue weighted by Gasteiger charge is 2.09. The van der Waals surface area contributed by atoms with E-state index >= 15 is 0 Å². The maximum absolute atomic E-state index is 13.7. The normalized spacial score (nSPS) is 12.4. The largest absolute Gasteiger partial charge is 0.487 e. The van der Waals surface area contributed by atoms with E-state index in [0.29, 0.717) is 12.4 Å². The lowest BCUT2D eigenvalue weighted by atomic mass is 10.1. The molecule has 2 aromatic rings. The summed E-state index contributed by atoms with van der Waals surface area (Å²) < 4.78 is 19.2. The van der Waals surface area contributed by atoms with E-state index in [-0.39, 0.29) is 5.56 Å². The maximum Gasteiger partial charge on any atom is 0.132 e. The topological polar surface area (TPSA) is 42.4 Å². The van der Waals surface area contributed by atoms with Crippen LogP contribution in [0.15, 0.2) is 23.6 Å². The number of ether oxygens (including phenoxy) is 1. The predicted octanol–water partition coefficient (Wildman–Crippen LogP) is 3.87. The third kappa shape index (κ3) is 3.77. The van der Waals surface area contributed by atoms with Crippen molar-refractivity contribution in [1.29, 1.82) is 0 Å². The molecule has 20 heavy (non-hydrogen) atoms. The van der Waals surface area contributed by atoms with Gasteiger partial charge in [0.15, 0.2) is 0 Å². The van der Waals surface area contributed by atoms with Gasteiger partial charge in [-0.2, -0.15) is 0 Å². The van der Waals surface area contributed by atoms with Crippen molar-refractivity contribution in [3.8, 4) is 5.75 Å². The highest BCUT2D eigenvalue weighted by molar-refractivity contribution is 7.09. The number of rotatable bonds is 6. The molecule has 5 heteroatoms. The highest BCUT2D eigenvalue weighted by atomic mass is 32.1. The van der Waals surface area contributed by atoms with Gasteiger partial charge in [0, 0.05) is 17.0 Å². The van der Waals surface area contributed by atoms with Gasteiger partial charge in [0.1, 0.15) is 18.2 Å². The number of thiazole rings is 1. The smallest absolute Gasteiger partial charge is 0.132 e. The van der Waals surface area contributed by atoms with Gasteiger partial charge in [-0.3, -0.25) is 0 Å². The predicted molar refractivity (Wildman–Crippen MR) is 77.5 cm³/mol. The van der Waals surface area contributed by atoms with Crippen molar-refractivity contribution in [2.75, 3.05) is 0 Å². The summed E-state index contributed by atoms with van der Waals surface area (Å²) in [4.78, 5) is 4.44. The van der Waals surface area contributed by atoms with E-state index in [1.807, 2.05) is 5.38 Å². The summed E-state index contributed by atoms with van der Waals surface area (Å²) in [5.74, 6) is -0.0145. The van der Waals surface area contributed by atoms with E-state index in [0.717, 1.165) is 23.5 Å². The van der Waals surface area contributed by atoms with Gasteiger partial charge >= 0.3 is 0 Å². The molecule has 1 aromatic heterocycles. The molecule has 0 radical (unpaired) electrons. The Kier molecular flexibility index (Phi) is 5.09. The molecule has 3 nitrogen and oxygen atoms in total. The van der Waals surface area contributed by atoms with E-state index < -0.39 is 11.9 Å². The average molecular weight is 295 g/mol. The molecule has 1 aromatic carbocycles. The first-order chi connectivity index (χ1) is 9.60. The van der Waals surface area contributed by atoms with Crippen molar-refractivity contribution in [2.45, 2.75) is 39.4 Å². The molecule has 108 valence electrons. The van der Waals surface area contributed by atoms with E-state index in [4.69, 9.17) is 4.74 Å². The molecule has 1 atom stereocenters. The molecule has 0 amide bonds. The van der Waals surface area contributed by atoms with Crippen molar-refractivity contribution in [1.82, 2.24) is 4.98 Å². The fourth-order valence-corrected chi connectivity index (χ4v) is 2.72. The van der Waals surface area contributed by atoms with Crippen molar-refractivity contribution in [2.24, 2.45) is 0 Å². The van der Waals surface area contributed by atoms with E-state index in [9.17, 15) is 9.50 Å². The van der Waals surface area contributed by atoms with Gasteiger partial charge in [-0.25, -0.2) is 9.37 Å². The number of aromatic nitrogens is 1. The van der Waals surface area contributed by atoms with Crippen LogP contribution in [0.2, 0.25) is 0 Å². The summed E-state index contributed by atoms with van der Waals surface area (Å²) in [6.07, 6.45) is 1.22. The molecule has 0 aliphatic carbocycles. The number of nitrogens with zero attached hydrogens (tertiary/aromatic N) is 1. The monoisotopic (exact) mass is 295 g/mol. The van der Waals surface area contributed by atoms with Gasteiger partial charge in [0.25, 0.3) is 0 Å². The van der Waals surface area contributed by atoms with Crippen LogP contribution in [0.3, 0.4) is 0 Å². The number of hydrogen-bond donors (Lipinski definition) is 1. The van der Waals surface area contributed by atoms with Crippen LogP contribution in [0, 0.1) is 5.82 Å². The average Bonchev–Trinajstić information content (AvgIpc) is 2.84. The lowest BCUT2D eigenvalue weighted by Gasteiger charge is -2.09. The zero-order chi connectivity index (χ0) is 14.5. The van der Waals surface area contributed by atoms with Gasteiger partial charge in [0.05, 0.1) is 16.8 Å². The Morgan fingerprint density at radius 2 is 2.25 bits per heavy atom. The van der Waals surface area contributed by atoms with Crippen molar-refractivity contribution < 1.29 is 14.2 Å². The van der Waals surface area contributed by atoms with Gasteiger partial charge in [-0.15, -0.1) is 11.3 Å². The number of aliphatic hydroxyl groups is 1. The number of benzene rings is 1. The zero-order valence-corrected chi connectivity index (χ0v) is 12.4. The summed E-state index contributed by atoms with van der Waals surface area (Å²) in [6, 6.07) is 4.49. The Hall–Kier alpha value is -1.46. The van der Waals surface area contributed by atoms with Gasteiger partial charge < -0.3 is 9.84 Å². The zero-order valence-electron chi connectivity index (χ0n) is 11.6. The molecule has 0 saturated carbocycles. The summed E-state index contributed by atoms with van der Waals surface area (Å²) >= 11 is 1.62. The fourth-order valence-electron chi connectivity index (χ4n) is 1.84. The fraction of sp³-hybridized carbons (Fsp3) is 0.400. The summed E-state index contributed by atoms with van der Waals surface area (Å²) in [6.45, 7) is 3.97. The van der Waals surface area contributed by atoms with Crippen LogP contribution in [0.4, 0.5) is 4.39 Å². The number of halogens is 1. The lowest BCUT2D eigenvalue weighted by molar-refractivity contribution is 0.193. The first-order valence-electron chi connectivity index (χ1n) is 6.63. The number of aliphatic hydroxyl groups excluding tert-OH is 1. The standard InChI is InChI=1S/C15H18FNO2S/c1-3-4-15-17-11(9-20-15)8-19-12-5-6-13(10(2)18)14(16)7-12/h5-7,9-10,18H,3-4,8H2,1-2H3/t10-/m0/s1. The van der Waals surface area contributed by atoms with Crippen LogP contribution < -0.4 is 4.74 Å². The minimum atomic E-state index is -0.820. The summed E-state index contributed by atoms with van der Waals surface area (Å²) in [5.41, 5.74) is 1.13. The molecule has 1 heterocycles. The second-order valence-electron chi connectivity index (χ2n) is 4.63. The third-order valence-electron chi connectivity index (χ3n) is 2.87. The molecule has 0 saturated heterocycles. The quantitative estimate of drug-likeness (QED) is 0.879. The number of hydrogen-bond acceptors (Lipinski definition) is 4. The molecule has 0 aliphatic heterocycles. The van der Waals surface area contributed by atoms with Gasteiger partial charge in [-0.05, 0) is 31.9 Å². The molecule has 2 rings (SSSR count). The molecular formula is C15H18FNO2S. The third-order valence-corrected chi connectivity index (χ3v) is 3.83. The van der Waals surface area contributed by atoms with Gasteiger partial charge in [-0.1, -0.05) is 6.92 Å². The Balaban J connectivity index is 1.98. The highest BCUT2D eigenvalue weighted by Crippen LogP contribution is 2.22. The molecular weight excluding hydrogens is 277 g/mol. The molecule has 0 bridgehead atoms. The minimum absolute atomic E-state index is 0.274. The second-order valence-corrected chi connectivity index (χ2v) is 5.57. The van der Waals surface area contributed by atoms with Gasteiger partial charge in [0.2, 0.25) is 0 Å².